The van der Waals surface area contributed by atoms with Gasteiger partial charge in [-0.3, -0.25) is 14.7 Å². The molecule has 4 aliphatic rings. The molecule has 4 rings (SSSR count). The van der Waals surface area contributed by atoms with Crippen LogP contribution in [0.25, 0.3) is 0 Å². The number of hydrogen-bond donors (Lipinski definition) is 1. The smallest absolute Gasteiger partial charge is 0.246 e. The topological polar surface area (TPSA) is 62.0 Å². The Labute approximate surface area is 124 Å². The third kappa shape index (κ3) is 2.02. The van der Waals surface area contributed by atoms with Crippen molar-refractivity contribution in [3.63, 3.8) is 0 Å². The van der Waals surface area contributed by atoms with Crippen LogP contribution in [0.1, 0.15) is 12.8 Å². The van der Waals surface area contributed by atoms with E-state index in [4.69, 9.17) is 10.5 Å². The minimum Gasteiger partial charge on any atom is -0.379 e. The van der Waals surface area contributed by atoms with Gasteiger partial charge in [-0.1, -0.05) is 18.2 Å². The molecule has 2 fully saturated rings. The van der Waals surface area contributed by atoms with Crippen LogP contribution < -0.4 is 5.73 Å². The van der Waals surface area contributed by atoms with Gasteiger partial charge in [0.15, 0.2) is 0 Å². The fourth-order valence-corrected chi connectivity index (χ4v) is 3.56. The Bertz CT molecular complexity index is 560. The van der Waals surface area contributed by atoms with Crippen molar-refractivity contribution in [2.75, 3.05) is 33.0 Å². The predicted octanol–water partition coefficient (Wildman–Crippen LogP) is 0.164. The van der Waals surface area contributed by atoms with Crippen LogP contribution in [0.15, 0.2) is 35.7 Å². The first-order valence-electron chi connectivity index (χ1n) is 7.42. The number of hydrogen-bond acceptors (Lipinski definition) is 5. The van der Waals surface area contributed by atoms with Gasteiger partial charge in [-0.2, -0.15) is 5.01 Å². The van der Waals surface area contributed by atoms with E-state index in [1.54, 1.807) is 0 Å². The highest BCUT2D eigenvalue weighted by molar-refractivity contribution is 5.92. The minimum absolute atomic E-state index is 0.106. The van der Waals surface area contributed by atoms with Gasteiger partial charge < -0.3 is 10.5 Å². The van der Waals surface area contributed by atoms with Gasteiger partial charge in [0.25, 0.3) is 0 Å². The molecule has 3 unspecified atom stereocenters. The summed E-state index contributed by atoms with van der Waals surface area (Å²) in [5.74, 6) is -0.338. The van der Waals surface area contributed by atoms with E-state index in [0.717, 1.165) is 32.8 Å². The van der Waals surface area contributed by atoms with Gasteiger partial charge in [-0.25, -0.2) is 0 Å². The highest BCUT2D eigenvalue weighted by atomic mass is 16.5. The zero-order valence-corrected chi connectivity index (χ0v) is 12.0. The normalized spacial score (nSPS) is 37.8. The Morgan fingerprint density at radius 1 is 1.43 bits per heavy atom. The second-order valence-electron chi connectivity index (χ2n) is 6.12. The molecule has 0 aromatic carbocycles. The lowest BCUT2D eigenvalue weighted by Crippen LogP contribution is -2.62. The quantitative estimate of drug-likeness (QED) is 0.697. The molecule has 0 radical (unpaired) electrons. The first-order chi connectivity index (χ1) is 10.2. The molecule has 0 saturated carbocycles. The van der Waals surface area contributed by atoms with Gasteiger partial charge in [0.1, 0.15) is 0 Å². The average molecular weight is 288 g/mol. The summed E-state index contributed by atoms with van der Waals surface area (Å²) in [7, 11) is 0. The number of amides is 1. The van der Waals surface area contributed by atoms with Crippen LogP contribution in [-0.4, -0.2) is 59.3 Å². The van der Waals surface area contributed by atoms with E-state index < -0.39 is 0 Å². The van der Waals surface area contributed by atoms with E-state index in [-0.39, 0.29) is 11.4 Å². The van der Waals surface area contributed by atoms with Crippen molar-refractivity contribution in [3.8, 4) is 0 Å². The maximum Gasteiger partial charge on any atom is 0.246 e. The summed E-state index contributed by atoms with van der Waals surface area (Å²) >= 11 is 0. The number of ether oxygens (including phenoxy) is 1. The van der Waals surface area contributed by atoms with Gasteiger partial charge in [-0.05, 0) is 12.8 Å². The molecule has 0 aromatic rings. The lowest BCUT2D eigenvalue weighted by molar-refractivity contribution is -0.116. The van der Waals surface area contributed by atoms with Crippen LogP contribution in [-0.2, 0) is 9.53 Å². The van der Waals surface area contributed by atoms with Crippen LogP contribution >= 0.6 is 0 Å². The van der Waals surface area contributed by atoms with Crippen molar-refractivity contribution in [3.05, 3.63) is 35.7 Å². The lowest BCUT2D eigenvalue weighted by Gasteiger charge is -2.51. The maximum atomic E-state index is 11.5. The van der Waals surface area contributed by atoms with E-state index in [1.807, 2.05) is 6.20 Å². The van der Waals surface area contributed by atoms with Crippen molar-refractivity contribution in [1.29, 1.82) is 0 Å². The predicted molar refractivity (Wildman–Crippen MR) is 77.4 cm³/mol. The summed E-state index contributed by atoms with van der Waals surface area (Å²) in [6.45, 7) is 4.17. The second kappa shape index (κ2) is 4.69. The van der Waals surface area contributed by atoms with Crippen molar-refractivity contribution in [2.24, 2.45) is 5.73 Å². The standard InChI is InChI=1S/C15H20N4O2/c16-14(20)12-2-3-13-9-17-6-1-4-15(5-7-21-10-15)19(11-17)18(13)8-12/h1,3-4,8H,2,5-7,9-11H2,(H2,16,20). The Morgan fingerprint density at radius 3 is 3.10 bits per heavy atom. The third-order valence-corrected chi connectivity index (χ3v) is 4.76. The van der Waals surface area contributed by atoms with Crippen molar-refractivity contribution >= 4 is 5.91 Å². The number of carbonyl (C=O) groups excluding carboxylic acids is 1. The molecule has 1 amide bonds. The maximum absolute atomic E-state index is 11.5. The number of hydrazine groups is 1. The van der Waals surface area contributed by atoms with Crippen LogP contribution in [0.2, 0.25) is 0 Å². The zero-order chi connectivity index (χ0) is 14.4. The van der Waals surface area contributed by atoms with Crippen LogP contribution in [0.5, 0.6) is 0 Å². The molecular formula is C15H20N4O2. The average Bonchev–Trinajstić information content (AvgIpc) is 2.90. The molecule has 21 heavy (non-hydrogen) atoms. The fourth-order valence-electron chi connectivity index (χ4n) is 3.56. The second-order valence-corrected chi connectivity index (χ2v) is 6.12. The number of carbonyl (C=O) groups is 1. The molecule has 6 nitrogen and oxygen atoms in total. The number of nitrogens with two attached hydrogens (primary N) is 1. The number of fused-ring (bicyclic) bond motifs is 5. The molecule has 4 aliphatic heterocycles. The van der Waals surface area contributed by atoms with Gasteiger partial charge in [0, 0.05) is 37.2 Å². The Morgan fingerprint density at radius 2 is 2.33 bits per heavy atom. The molecule has 2 N–H and O–H groups in total. The molecule has 6 heteroatoms. The number of primary amides is 1. The SMILES string of the molecule is NC(=O)C1=CN2C(=CC1)CN1CC=CC3(CCOC3)N2C1. The Kier molecular flexibility index (Phi) is 2.92. The van der Waals surface area contributed by atoms with E-state index in [1.165, 1.54) is 5.70 Å². The molecule has 3 atom stereocenters. The Hall–Kier alpha value is -1.63. The van der Waals surface area contributed by atoms with E-state index in [0.29, 0.717) is 18.6 Å². The molecule has 1 spiro atoms. The van der Waals surface area contributed by atoms with E-state index in [2.05, 4.69) is 33.1 Å². The third-order valence-electron chi connectivity index (χ3n) is 4.76. The first kappa shape index (κ1) is 13.1. The molecule has 0 aromatic heterocycles. The summed E-state index contributed by atoms with van der Waals surface area (Å²) in [6, 6.07) is 0. The summed E-state index contributed by atoms with van der Waals surface area (Å²) < 4.78 is 5.67. The summed E-state index contributed by atoms with van der Waals surface area (Å²) in [5.41, 5.74) is 7.24. The molecule has 112 valence electrons. The summed E-state index contributed by atoms with van der Waals surface area (Å²) in [4.78, 5) is 13.9. The largest absolute Gasteiger partial charge is 0.379 e. The summed E-state index contributed by atoms with van der Waals surface area (Å²) in [5, 5.41) is 4.45. The van der Waals surface area contributed by atoms with Crippen LogP contribution in [0.4, 0.5) is 0 Å². The van der Waals surface area contributed by atoms with Gasteiger partial charge in [0.05, 0.1) is 18.8 Å². The number of rotatable bonds is 1. The number of allylic oxidation sites excluding steroid dienone is 1. The van der Waals surface area contributed by atoms with E-state index in [9.17, 15) is 4.79 Å². The van der Waals surface area contributed by atoms with Crippen LogP contribution in [0, 0.1) is 0 Å². The zero-order valence-electron chi connectivity index (χ0n) is 12.0. The highest BCUT2D eigenvalue weighted by Gasteiger charge is 2.46. The van der Waals surface area contributed by atoms with Crippen molar-refractivity contribution in [1.82, 2.24) is 14.9 Å². The fraction of sp³-hybridized carbons (Fsp3) is 0.533. The monoisotopic (exact) mass is 288 g/mol. The lowest BCUT2D eigenvalue weighted by atomic mass is 9.97. The van der Waals surface area contributed by atoms with Crippen molar-refractivity contribution < 1.29 is 9.53 Å². The molecule has 2 bridgehead atoms. The summed E-state index contributed by atoms with van der Waals surface area (Å²) in [6.07, 6.45) is 10.1. The first-order valence-corrected chi connectivity index (χ1v) is 7.42. The van der Waals surface area contributed by atoms with Crippen LogP contribution in [0.3, 0.4) is 0 Å². The highest BCUT2D eigenvalue weighted by Crippen LogP contribution is 2.37. The molecule has 4 heterocycles. The molecule has 0 aliphatic carbocycles. The van der Waals surface area contributed by atoms with Gasteiger partial charge in [-0.15, -0.1) is 0 Å². The Balaban J connectivity index is 1.75. The van der Waals surface area contributed by atoms with Gasteiger partial charge >= 0.3 is 0 Å². The van der Waals surface area contributed by atoms with E-state index >= 15 is 0 Å². The molecule has 2 saturated heterocycles. The minimum atomic E-state index is -0.338. The van der Waals surface area contributed by atoms with Gasteiger partial charge in [0.2, 0.25) is 5.91 Å². The van der Waals surface area contributed by atoms with Crippen molar-refractivity contribution in [2.45, 2.75) is 18.4 Å². The number of nitrogens with zero attached hydrogens (tertiary/aromatic N) is 3. The molecular weight excluding hydrogens is 268 g/mol.